The zero-order chi connectivity index (χ0) is 14.0. The average molecular weight is 270 g/mol. The van der Waals surface area contributed by atoms with E-state index in [0.717, 1.165) is 12.8 Å². The molecule has 0 aromatic heterocycles. The molecule has 1 aliphatic heterocycles. The SMILES string of the molecule is CC1(C(=O)NCC2CCCC2C(=O)O)COCC1N. The second kappa shape index (κ2) is 5.46. The third kappa shape index (κ3) is 2.74. The van der Waals surface area contributed by atoms with Crippen LogP contribution in [0.4, 0.5) is 0 Å². The summed E-state index contributed by atoms with van der Waals surface area (Å²) in [5.74, 6) is -1.19. The number of amides is 1. The normalized spacial score (nSPS) is 38.3. The van der Waals surface area contributed by atoms with Crippen LogP contribution in [0.1, 0.15) is 26.2 Å². The monoisotopic (exact) mass is 270 g/mol. The van der Waals surface area contributed by atoms with Crippen LogP contribution in [0.5, 0.6) is 0 Å². The first-order chi connectivity index (χ1) is 8.95. The van der Waals surface area contributed by atoms with Crippen LogP contribution >= 0.6 is 0 Å². The van der Waals surface area contributed by atoms with Gasteiger partial charge in [-0.1, -0.05) is 6.42 Å². The molecule has 1 amide bonds. The van der Waals surface area contributed by atoms with Crippen molar-refractivity contribution in [2.45, 2.75) is 32.2 Å². The van der Waals surface area contributed by atoms with E-state index in [4.69, 9.17) is 15.6 Å². The molecule has 1 aliphatic carbocycles. The van der Waals surface area contributed by atoms with E-state index < -0.39 is 11.4 Å². The summed E-state index contributed by atoms with van der Waals surface area (Å²) in [4.78, 5) is 23.3. The minimum Gasteiger partial charge on any atom is -0.481 e. The molecule has 6 nitrogen and oxygen atoms in total. The van der Waals surface area contributed by atoms with Crippen LogP contribution in [0.3, 0.4) is 0 Å². The van der Waals surface area contributed by atoms with Gasteiger partial charge in [-0.25, -0.2) is 0 Å². The van der Waals surface area contributed by atoms with Gasteiger partial charge in [-0.05, 0) is 25.7 Å². The van der Waals surface area contributed by atoms with Gasteiger partial charge in [-0.3, -0.25) is 9.59 Å². The van der Waals surface area contributed by atoms with Crippen molar-refractivity contribution in [3.8, 4) is 0 Å². The van der Waals surface area contributed by atoms with Crippen molar-refractivity contribution < 1.29 is 19.4 Å². The number of hydrogen-bond acceptors (Lipinski definition) is 4. The lowest BCUT2D eigenvalue weighted by molar-refractivity contribution is -0.143. The Kier molecular flexibility index (Phi) is 4.10. The van der Waals surface area contributed by atoms with Crippen LogP contribution in [0, 0.1) is 17.3 Å². The van der Waals surface area contributed by atoms with Crippen LogP contribution < -0.4 is 11.1 Å². The average Bonchev–Trinajstić information content (AvgIpc) is 2.95. The molecule has 0 spiro atoms. The number of carboxylic acid groups (broad SMARTS) is 1. The Balaban J connectivity index is 1.88. The Morgan fingerprint density at radius 1 is 1.47 bits per heavy atom. The van der Waals surface area contributed by atoms with E-state index in [1.54, 1.807) is 6.92 Å². The molecule has 6 heteroatoms. The van der Waals surface area contributed by atoms with Gasteiger partial charge in [0, 0.05) is 12.6 Å². The highest BCUT2D eigenvalue weighted by atomic mass is 16.5. The van der Waals surface area contributed by atoms with Crippen LogP contribution in [0.2, 0.25) is 0 Å². The Labute approximate surface area is 112 Å². The quantitative estimate of drug-likeness (QED) is 0.665. The number of aliphatic carboxylic acids is 1. The lowest BCUT2D eigenvalue weighted by Crippen LogP contribution is -2.51. The number of nitrogens with one attached hydrogen (secondary N) is 1. The first-order valence-electron chi connectivity index (χ1n) is 6.79. The van der Waals surface area contributed by atoms with E-state index in [-0.39, 0.29) is 23.8 Å². The number of carboxylic acids is 1. The third-order valence-electron chi connectivity index (χ3n) is 4.54. The highest BCUT2D eigenvalue weighted by molar-refractivity contribution is 5.83. The molecule has 4 N–H and O–H groups in total. The van der Waals surface area contributed by atoms with E-state index >= 15 is 0 Å². The smallest absolute Gasteiger partial charge is 0.306 e. The topological polar surface area (TPSA) is 102 Å². The van der Waals surface area contributed by atoms with Crippen molar-refractivity contribution in [3.63, 3.8) is 0 Å². The number of rotatable bonds is 4. The molecule has 2 fully saturated rings. The number of carbonyl (C=O) groups excluding carboxylic acids is 1. The van der Waals surface area contributed by atoms with E-state index in [1.807, 2.05) is 0 Å². The minimum atomic E-state index is -0.760. The van der Waals surface area contributed by atoms with Crippen molar-refractivity contribution in [2.75, 3.05) is 19.8 Å². The maximum atomic E-state index is 12.2. The highest BCUT2D eigenvalue weighted by Crippen LogP contribution is 2.32. The predicted molar refractivity (Wildman–Crippen MR) is 68.4 cm³/mol. The van der Waals surface area contributed by atoms with E-state index in [9.17, 15) is 9.59 Å². The maximum absolute atomic E-state index is 12.2. The molecule has 4 atom stereocenters. The summed E-state index contributed by atoms with van der Waals surface area (Å²) in [5.41, 5.74) is 5.20. The predicted octanol–water partition coefficient (Wildman–Crippen LogP) is -0.0327. The summed E-state index contributed by atoms with van der Waals surface area (Å²) in [6, 6.07) is -0.300. The molecule has 0 radical (unpaired) electrons. The van der Waals surface area contributed by atoms with Gasteiger partial charge in [-0.15, -0.1) is 0 Å². The van der Waals surface area contributed by atoms with Crippen molar-refractivity contribution in [2.24, 2.45) is 23.0 Å². The van der Waals surface area contributed by atoms with Crippen LogP contribution in [0.15, 0.2) is 0 Å². The summed E-state index contributed by atoms with van der Waals surface area (Å²) >= 11 is 0. The zero-order valence-corrected chi connectivity index (χ0v) is 11.2. The molecule has 0 aromatic carbocycles. The molecule has 0 aromatic rings. The van der Waals surface area contributed by atoms with E-state index in [0.29, 0.717) is 26.2 Å². The molecule has 1 saturated carbocycles. The first kappa shape index (κ1) is 14.3. The van der Waals surface area contributed by atoms with Crippen molar-refractivity contribution in [1.29, 1.82) is 0 Å². The summed E-state index contributed by atoms with van der Waals surface area (Å²) in [6.07, 6.45) is 2.48. The highest BCUT2D eigenvalue weighted by Gasteiger charge is 2.44. The second-order valence-electron chi connectivity index (χ2n) is 5.88. The molecule has 1 heterocycles. The fraction of sp³-hybridized carbons (Fsp3) is 0.846. The summed E-state index contributed by atoms with van der Waals surface area (Å²) in [5, 5.41) is 12.0. The first-order valence-corrected chi connectivity index (χ1v) is 6.79. The van der Waals surface area contributed by atoms with E-state index in [1.165, 1.54) is 0 Å². The van der Waals surface area contributed by atoms with Gasteiger partial charge in [0.15, 0.2) is 0 Å². The largest absolute Gasteiger partial charge is 0.481 e. The summed E-state index contributed by atoms with van der Waals surface area (Å²) in [6.45, 7) is 2.93. The molecule has 0 bridgehead atoms. The van der Waals surface area contributed by atoms with Crippen LogP contribution in [-0.2, 0) is 14.3 Å². The molecule has 19 heavy (non-hydrogen) atoms. The standard InChI is InChI=1S/C13H22N2O4/c1-13(7-19-6-10(13)14)12(18)15-5-8-3-2-4-9(8)11(16)17/h8-10H,2-7,14H2,1H3,(H,15,18)(H,16,17). The molecular weight excluding hydrogens is 248 g/mol. The number of carbonyl (C=O) groups is 2. The summed E-state index contributed by atoms with van der Waals surface area (Å²) in [7, 11) is 0. The summed E-state index contributed by atoms with van der Waals surface area (Å²) < 4.78 is 5.24. The van der Waals surface area contributed by atoms with Gasteiger partial charge in [0.2, 0.25) is 5.91 Å². The number of hydrogen-bond donors (Lipinski definition) is 3. The molecule has 2 rings (SSSR count). The molecular formula is C13H22N2O4. The molecule has 1 saturated heterocycles. The van der Waals surface area contributed by atoms with Gasteiger partial charge < -0.3 is 20.9 Å². The third-order valence-corrected chi connectivity index (χ3v) is 4.54. The fourth-order valence-electron chi connectivity index (χ4n) is 2.95. The van der Waals surface area contributed by atoms with Gasteiger partial charge in [0.1, 0.15) is 0 Å². The molecule has 4 unspecified atom stereocenters. The van der Waals surface area contributed by atoms with Crippen LogP contribution in [-0.4, -0.2) is 42.8 Å². The van der Waals surface area contributed by atoms with Gasteiger partial charge >= 0.3 is 5.97 Å². The number of ether oxygens (including phenoxy) is 1. The van der Waals surface area contributed by atoms with Crippen molar-refractivity contribution in [3.05, 3.63) is 0 Å². The molecule has 108 valence electrons. The lowest BCUT2D eigenvalue weighted by atomic mass is 9.84. The zero-order valence-electron chi connectivity index (χ0n) is 11.2. The minimum absolute atomic E-state index is 0.0311. The maximum Gasteiger partial charge on any atom is 0.306 e. The van der Waals surface area contributed by atoms with E-state index in [2.05, 4.69) is 5.32 Å². The Morgan fingerprint density at radius 2 is 2.21 bits per heavy atom. The molecule has 2 aliphatic rings. The Hall–Kier alpha value is -1.14. The van der Waals surface area contributed by atoms with Gasteiger partial charge in [-0.2, -0.15) is 0 Å². The lowest BCUT2D eigenvalue weighted by Gasteiger charge is -2.26. The van der Waals surface area contributed by atoms with Gasteiger partial charge in [0.05, 0.1) is 24.5 Å². The Bertz CT molecular complexity index is 374. The number of nitrogens with two attached hydrogens (primary N) is 1. The van der Waals surface area contributed by atoms with Crippen molar-refractivity contribution >= 4 is 11.9 Å². The van der Waals surface area contributed by atoms with Gasteiger partial charge in [0.25, 0.3) is 0 Å². The van der Waals surface area contributed by atoms with Crippen molar-refractivity contribution in [1.82, 2.24) is 5.32 Å². The van der Waals surface area contributed by atoms with Crippen LogP contribution in [0.25, 0.3) is 0 Å². The Morgan fingerprint density at radius 3 is 2.79 bits per heavy atom. The second-order valence-corrected chi connectivity index (χ2v) is 5.88. The fourth-order valence-corrected chi connectivity index (χ4v) is 2.95.